The number of rotatable bonds is 5. The number of hydrazine groups is 1. The average Bonchev–Trinajstić information content (AvgIpc) is 3.29. The molecule has 0 atom stereocenters. The molecule has 2 amide bonds. The predicted octanol–water partition coefficient (Wildman–Crippen LogP) is 2.79. The van der Waals surface area contributed by atoms with E-state index in [1.807, 2.05) is 24.3 Å². The monoisotopic (exact) mass is 415 g/mol. The van der Waals surface area contributed by atoms with Crippen molar-refractivity contribution < 1.29 is 23.8 Å². The van der Waals surface area contributed by atoms with E-state index < -0.39 is 11.8 Å². The van der Waals surface area contributed by atoms with E-state index in [1.165, 1.54) is 6.07 Å². The van der Waals surface area contributed by atoms with Crippen LogP contribution in [0.1, 0.15) is 15.9 Å². The molecule has 2 N–H and O–H groups in total. The molecule has 4 rings (SSSR count). The molecular formula is C23H17N3O5. The topological polar surface area (TPSA) is 110 Å². The van der Waals surface area contributed by atoms with Crippen LogP contribution in [0.3, 0.4) is 0 Å². The van der Waals surface area contributed by atoms with Crippen molar-refractivity contribution >= 4 is 11.8 Å². The Bertz CT molecular complexity index is 1150. The molecule has 1 heterocycles. The van der Waals surface area contributed by atoms with Crippen LogP contribution in [0.15, 0.2) is 66.7 Å². The lowest BCUT2D eigenvalue weighted by atomic mass is 10.0. The molecule has 0 saturated carbocycles. The van der Waals surface area contributed by atoms with E-state index in [-0.39, 0.29) is 13.4 Å². The van der Waals surface area contributed by atoms with Gasteiger partial charge in [0.15, 0.2) is 18.1 Å². The van der Waals surface area contributed by atoms with Crippen LogP contribution < -0.4 is 25.1 Å². The van der Waals surface area contributed by atoms with Gasteiger partial charge in [0.2, 0.25) is 6.79 Å². The zero-order chi connectivity index (χ0) is 21.6. The standard InChI is InChI=1S/C23H17N3O5/c24-12-15-1-3-16(4-2-15)17-5-8-19(9-6-17)29-13-22(27)25-26-23(28)18-7-10-20-21(11-18)31-14-30-20/h1-11H,13-14H2,(H,25,27)(H,26,28). The van der Waals surface area contributed by atoms with E-state index in [0.717, 1.165) is 11.1 Å². The zero-order valence-corrected chi connectivity index (χ0v) is 16.3. The Hall–Kier alpha value is -4.51. The van der Waals surface area contributed by atoms with Crippen molar-refractivity contribution in [2.24, 2.45) is 0 Å². The van der Waals surface area contributed by atoms with Gasteiger partial charge in [0.25, 0.3) is 11.8 Å². The second-order valence-corrected chi connectivity index (χ2v) is 6.57. The first-order valence-corrected chi connectivity index (χ1v) is 9.34. The Morgan fingerprint density at radius 3 is 2.29 bits per heavy atom. The minimum absolute atomic E-state index is 0.114. The molecule has 0 radical (unpaired) electrons. The van der Waals surface area contributed by atoms with Crippen molar-refractivity contribution in [2.75, 3.05) is 13.4 Å². The Morgan fingerprint density at radius 2 is 1.58 bits per heavy atom. The maximum atomic E-state index is 12.2. The summed E-state index contributed by atoms with van der Waals surface area (Å²) < 4.78 is 15.9. The lowest BCUT2D eigenvalue weighted by molar-refractivity contribution is -0.123. The van der Waals surface area contributed by atoms with Gasteiger partial charge in [-0.1, -0.05) is 24.3 Å². The number of ether oxygens (including phenoxy) is 3. The number of amides is 2. The highest BCUT2D eigenvalue weighted by molar-refractivity contribution is 5.96. The van der Waals surface area contributed by atoms with Crippen LogP contribution in [-0.2, 0) is 4.79 Å². The number of carbonyl (C=O) groups is 2. The number of benzene rings is 3. The number of nitriles is 1. The summed E-state index contributed by atoms with van der Waals surface area (Å²) in [5.41, 5.74) is 7.48. The Kier molecular flexibility index (Phi) is 5.67. The second kappa shape index (κ2) is 8.88. The van der Waals surface area contributed by atoms with Gasteiger partial charge in [0.1, 0.15) is 5.75 Å². The molecule has 0 fully saturated rings. The molecule has 0 spiro atoms. The number of nitrogens with one attached hydrogen (secondary N) is 2. The molecule has 1 aliphatic heterocycles. The number of nitrogens with zero attached hydrogens (tertiary/aromatic N) is 1. The van der Waals surface area contributed by atoms with Gasteiger partial charge in [-0.3, -0.25) is 20.4 Å². The highest BCUT2D eigenvalue weighted by Gasteiger charge is 2.16. The van der Waals surface area contributed by atoms with Crippen LogP contribution >= 0.6 is 0 Å². The van der Waals surface area contributed by atoms with Crippen LogP contribution in [-0.4, -0.2) is 25.2 Å². The summed E-state index contributed by atoms with van der Waals surface area (Å²) in [6.07, 6.45) is 0. The van der Waals surface area contributed by atoms with Crippen LogP contribution in [0, 0.1) is 11.3 Å². The number of hydrogen-bond donors (Lipinski definition) is 2. The fourth-order valence-electron chi connectivity index (χ4n) is 2.90. The van der Waals surface area contributed by atoms with Crippen LogP contribution in [0.5, 0.6) is 17.2 Å². The molecule has 3 aromatic carbocycles. The Morgan fingerprint density at radius 1 is 0.903 bits per heavy atom. The molecule has 0 aromatic heterocycles. The van der Waals surface area contributed by atoms with Gasteiger partial charge in [-0.2, -0.15) is 5.26 Å². The predicted molar refractivity (Wildman–Crippen MR) is 110 cm³/mol. The van der Waals surface area contributed by atoms with E-state index in [9.17, 15) is 9.59 Å². The van der Waals surface area contributed by atoms with Gasteiger partial charge in [0, 0.05) is 5.56 Å². The molecule has 154 valence electrons. The first kappa shape index (κ1) is 19.8. The van der Waals surface area contributed by atoms with Crippen molar-refractivity contribution in [3.63, 3.8) is 0 Å². The zero-order valence-electron chi connectivity index (χ0n) is 16.3. The maximum absolute atomic E-state index is 12.2. The van der Waals surface area contributed by atoms with Crippen LogP contribution in [0.4, 0.5) is 0 Å². The van der Waals surface area contributed by atoms with Crippen molar-refractivity contribution in [3.8, 4) is 34.4 Å². The normalized spacial score (nSPS) is 11.3. The molecule has 0 unspecified atom stereocenters. The molecule has 3 aromatic rings. The van der Waals surface area contributed by atoms with E-state index in [2.05, 4.69) is 16.9 Å². The summed E-state index contributed by atoms with van der Waals surface area (Å²) in [5, 5.41) is 8.87. The molecule has 0 saturated heterocycles. The summed E-state index contributed by atoms with van der Waals surface area (Å²) >= 11 is 0. The van der Waals surface area contributed by atoms with E-state index in [0.29, 0.717) is 28.4 Å². The van der Waals surface area contributed by atoms with Gasteiger partial charge < -0.3 is 14.2 Å². The molecule has 8 nitrogen and oxygen atoms in total. The summed E-state index contributed by atoms with van der Waals surface area (Å²) in [6.45, 7) is -0.152. The largest absolute Gasteiger partial charge is 0.484 e. The van der Waals surface area contributed by atoms with Gasteiger partial charge in [-0.05, 0) is 53.6 Å². The van der Waals surface area contributed by atoms with Crippen molar-refractivity contribution in [1.82, 2.24) is 10.9 Å². The third kappa shape index (κ3) is 4.74. The molecule has 1 aliphatic rings. The minimum Gasteiger partial charge on any atom is -0.484 e. The number of carbonyl (C=O) groups excluding carboxylic acids is 2. The first-order valence-electron chi connectivity index (χ1n) is 9.34. The molecule has 8 heteroatoms. The quantitative estimate of drug-likeness (QED) is 0.620. The fraction of sp³-hybridized carbons (Fsp3) is 0.0870. The van der Waals surface area contributed by atoms with Crippen LogP contribution in [0.25, 0.3) is 11.1 Å². The molecule has 31 heavy (non-hydrogen) atoms. The highest BCUT2D eigenvalue weighted by Crippen LogP contribution is 2.32. The highest BCUT2D eigenvalue weighted by atomic mass is 16.7. The summed E-state index contributed by atoms with van der Waals surface area (Å²) in [4.78, 5) is 24.1. The molecular weight excluding hydrogens is 398 g/mol. The minimum atomic E-state index is -0.509. The summed E-state index contributed by atoms with van der Waals surface area (Å²) in [7, 11) is 0. The number of fused-ring (bicyclic) bond motifs is 1. The third-order valence-corrected chi connectivity index (χ3v) is 4.52. The Balaban J connectivity index is 1.25. The molecule has 0 bridgehead atoms. The van der Waals surface area contributed by atoms with Gasteiger partial charge in [-0.25, -0.2) is 0 Å². The van der Waals surface area contributed by atoms with Crippen molar-refractivity contribution in [1.29, 1.82) is 5.26 Å². The summed E-state index contributed by atoms with van der Waals surface area (Å²) in [5.74, 6) is 0.560. The average molecular weight is 415 g/mol. The van der Waals surface area contributed by atoms with Crippen LogP contribution in [0.2, 0.25) is 0 Å². The van der Waals surface area contributed by atoms with E-state index >= 15 is 0 Å². The van der Waals surface area contributed by atoms with Crippen molar-refractivity contribution in [3.05, 3.63) is 77.9 Å². The fourth-order valence-corrected chi connectivity index (χ4v) is 2.90. The SMILES string of the molecule is N#Cc1ccc(-c2ccc(OCC(=O)NNC(=O)c3ccc4c(c3)OCO4)cc2)cc1. The lowest BCUT2D eigenvalue weighted by Crippen LogP contribution is -2.43. The smallest absolute Gasteiger partial charge is 0.276 e. The lowest BCUT2D eigenvalue weighted by Gasteiger charge is -2.10. The second-order valence-electron chi connectivity index (χ2n) is 6.57. The molecule has 0 aliphatic carbocycles. The summed E-state index contributed by atoms with van der Waals surface area (Å²) in [6, 6.07) is 21.3. The van der Waals surface area contributed by atoms with Crippen molar-refractivity contribution in [2.45, 2.75) is 0 Å². The first-order chi connectivity index (χ1) is 15.1. The van der Waals surface area contributed by atoms with E-state index in [4.69, 9.17) is 19.5 Å². The number of hydrogen-bond acceptors (Lipinski definition) is 6. The van der Waals surface area contributed by atoms with Gasteiger partial charge in [0.05, 0.1) is 11.6 Å². The van der Waals surface area contributed by atoms with E-state index in [1.54, 1.807) is 36.4 Å². The van der Waals surface area contributed by atoms with Gasteiger partial charge >= 0.3 is 0 Å². The third-order valence-electron chi connectivity index (χ3n) is 4.52. The van der Waals surface area contributed by atoms with Gasteiger partial charge in [-0.15, -0.1) is 0 Å². The Labute approximate surface area is 177 Å². The maximum Gasteiger partial charge on any atom is 0.276 e.